The third-order valence-corrected chi connectivity index (χ3v) is 5.76. The third kappa shape index (κ3) is 3.80. The van der Waals surface area contributed by atoms with Crippen LogP contribution in [0.25, 0.3) is 0 Å². The van der Waals surface area contributed by atoms with Crippen molar-refractivity contribution >= 4 is 18.0 Å². The Balaban J connectivity index is 1.86. The molecule has 1 heterocycles. The van der Waals surface area contributed by atoms with Gasteiger partial charge in [0.2, 0.25) is 11.9 Å². The normalized spacial score (nSPS) is 22.9. The SMILES string of the molecule is CN1C(=O)C2c3ccccc3CCC2(c2cccc(F)c2)N=C1NC(=O)OC(C)(C)C. The predicted octanol–water partition coefficient (Wildman–Crippen LogP) is 4.10. The van der Waals surface area contributed by atoms with Crippen molar-refractivity contribution in [2.75, 3.05) is 7.05 Å². The molecular weight excluding hydrogens is 397 g/mol. The summed E-state index contributed by atoms with van der Waals surface area (Å²) >= 11 is 0. The van der Waals surface area contributed by atoms with E-state index in [0.29, 0.717) is 18.4 Å². The molecule has 0 aromatic heterocycles. The number of fused-ring (bicyclic) bond motifs is 3. The van der Waals surface area contributed by atoms with Gasteiger partial charge in [-0.25, -0.2) is 14.2 Å². The number of carbonyl (C=O) groups excluding carboxylic acids is 2. The topological polar surface area (TPSA) is 71.0 Å². The van der Waals surface area contributed by atoms with E-state index in [1.165, 1.54) is 17.0 Å². The summed E-state index contributed by atoms with van der Waals surface area (Å²) in [6, 6.07) is 14.0. The van der Waals surface area contributed by atoms with Crippen molar-refractivity contribution in [3.05, 3.63) is 71.0 Å². The third-order valence-electron chi connectivity index (χ3n) is 5.76. The van der Waals surface area contributed by atoms with Crippen LogP contribution in [0.2, 0.25) is 0 Å². The smallest absolute Gasteiger partial charge is 0.414 e. The molecule has 7 heteroatoms. The average Bonchev–Trinajstić information content (AvgIpc) is 2.70. The fourth-order valence-electron chi connectivity index (χ4n) is 4.43. The molecule has 0 radical (unpaired) electrons. The lowest BCUT2D eigenvalue weighted by Gasteiger charge is -2.47. The van der Waals surface area contributed by atoms with Gasteiger partial charge in [0.05, 0.1) is 5.92 Å². The van der Waals surface area contributed by atoms with Crippen LogP contribution in [0, 0.1) is 5.82 Å². The van der Waals surface area contributed by atoms with E-state index < -0.39 is 29.0 Å². The molecule has 1 aliphatic carbocycles. The molecule has 0 fully saturated rings. The number of amides is 2. The van der Waals surface area contributed by atoms with Crippen LogP contribution < -0.4 is 5.32 Å². The standard InChI is InChI=1S/C24H26FN3O3/c1-23(2,3)31-22(30)26-21-27-24(16-9-7-10-17(25)14-16)13-12-15-8-5-6-11-18(15)19(24)20(29)28(21)4/h5-11,14,19H,12-13H2,1-4H3,(H,26,27,30). The zero-order valence-electron chi connectivity index (χ0n) is 18.1. The Bertz CT molecular complexity index is 1080. The highest BCUT2D eigenvalue weighted by Gasteiger charge is 2.53. The maximum absolute atomic E-state index is 14.2. The van der Waals surface area contributed by atoms with Gasteiger partial charge in [-0.2, -0.15) is 0 Å². The summed E-state index contributed by atoms with van der Waals surface area (Å²) in [5, 5.41) is 2.62. The lowest BCUT2D eigenvalue weighted by molar-refractivity contribution is -0.131. The van der Waals surface area contributed by atoms with Gasteiger partial charge in [-0.15, -0.1) is 0 Å². The molecule has 0 bridgehead atoms. The van der Waals surface area contributed by atoms with Crippen LogP contribution in [0.1, 0.15) is 49.8 Å². The van der Waals surface area contributed by atoms with E-state index in [0.717, 1.165) is 11.1 Å². The largest absolute Gasteiger partial charge is 0.444 e. The van der Waals surface area contributed by atoms with Crippen molar-refractivity contribution < 1.29 is 18.7 Å². The quantitative estimate of drug-likeness (QED) is 0.751. The number of nitrogens with zero attached hydrogens (tertiary/aromatic N) is 2. The first-order chi connectivity index (χ1) is 14.6. The minimum Gasteiger partial charge on any atom is -0.444 e. The molecule has 2 unspecified atom stereocenters. The van der Waals surface area contributed by atoms with Crippen LogP contribution in [0.15, 0.2) is 53.5 Å². The Labute approximate surface area is 181 Å². The summed E-state index contributed by atoms with van der Waals surface area (Å²) in [5.41, 5.74) is 0.852. The highest BCUT2D eigenvalue weighted by molar-refractivity contribution is 6.07. The Morgan fingerprint density at radius 2 is 1.97 bits per heavy atom. The highest BCUT2D eigenvalue weighted by Crippen LogP contribution is 2.51. The van der Waals surface area contributed by atoms with Crippen LogP contribution in [0.3, 0.4) is 0 Å². The molecule has 31 heavy (non-hydrogen) atoms. The molecule has 0 spiro atoms. The van der Waals surface area contributed by atoms with Gasteiger partial charge in [0.25, 0.3) is 0 Å². The van der Waals surface area contributed by atoms with Crippen molar-refractivity contribution in [2.45, 2.75) is 50.7 Å². The van der Waals surface area contributed by atoms with Crippen LogP contribution in [-0.4, -0.2) is 35.5 Å². The van der Waals surface area contributed by atoms with E-state index in [1.54, 1.807) is 40.0 Å². The molecule has 0 saturated carbocycles. The van der Waals surface area contributed by atoms with E-state index in [1.807, 2.05) is 24.3 Å². The van der Waals surface area contributed by atoms with Crippen LogP contribution in [-0.2, 0) is 21.5 Å². The number of carbonyl (C=O) groups is 2. The number of hydrogen-bond acceptors (Lipinski definition) is 4. The maximum atomic E-state index is 14.2. The molecule has 0 saturated heterocycles. The minimum atomic E-state index is -1.02. The second kappa shape index (κ2) is 7.48. The summed E-state index contributed by atoms with van der Waals surface area (Å²) < 4.78 is 19.6. The van der Waals surface area contributed by atoms with Gasteiger partial charge in [-0.3, -0.25) is 15.0 Å². The first-order valence-corrected chi connectivity index (χ1v) is 10.3. The fourth-order valence-corrected chi connectivity index (χ4v) is 4.43. The molecule has 2 aromatic rings. The zero-order chi connectivity index (χ0) is 22.4. The summed E-state index contributed by atoms with van der Waals surface area (Å²) in [6.45, 7) is 5.27. The predicted molar refractivity (Wildman–Crippen MR) is 115 cm³/mol. The summed E-state index contributed by atoms with van der Waals surface area (Å²) in [7, 11) is 1.57. The van der Waals surface area contributed by atoms with Gasteiger partial charge >= 0.3 is 6.09 Å². The molecule has 4 rings (SSSR count). The number of benzene rings is 2. The number of likely N-dealkylation sites (N-methyl/N-ethyl adjacent to an activating group) is 1. The molecule has 162 valence electrons. The van der Waals surface area contributed by atoms with Crippen molar-refractivity contribution in [2.24, 2.45) is 4.99 Å². The number of ether oxygens (including phenoxy) is 1. The van der Waals surface area contributed by atoms with E-state index in [-0.39, 0.29) is 11.9 Å². The molecule has 2 aromatic carbocycles. The summed E-state index contributed by atoms with van der Waals surface area (Å²) in [4.78, 5) is 32.3. The van der Waals surface area contributed by atoms with Gasteiger partial charge in [-0.1, -0.05) is 36.4 Å². The van der Waals surface area contributed by atoms with Crippen LogP contribution in [0.4, 0.5) is 9.18 Å². The molecular formula is C24H26FN3O3. The Hall–Kier alpha value is -3.22. The molecule has 1 aliphatic heterocycles. The minimum absolute atomic E-state index is 0.0964. The van der Waals surface area contributed by atoms with Crippen LogP contribution >= 0.6 is 0 Å². The number of guanidine groups is 1. The van der Waals surface area contributed by atoms with E-state index in [4.69, 9.17) is 9.73 Å². The van der Waals surface area contributed by atoms with Gasteiger partial charge in [0.15, 0.2) is 0 Å². The van der Waals surface area contributed by atoms with Crippen molar-refractivity contribution in [1.29, 1.82) is 0 Å². The fraction of sp³-hybridized carbons (Fsp3) is 0.375. The number of alkyl carbamates (subject to hydrolysis) is 1. The molecule has 2 amide bonds. The number of aliphatic imine (C=N–C) groups is 1. The number of hydrogen-bond donors (Lipinski definition) is 1. The van der Waals surface area contributed by atoms with Crippen LogP contribution in [0.5, 0.6) is 0 Å². The highest BCUT2D eigenvalue weighted by atomic mass is 19.1. The number of nitrogens with one attached hydrogen (secondary N) is 1. The van der Waals surface area contributed by atoms with Crippen molar-refractivity contribution in [3.8, 4) is 0 Å². The Morgan fingerprint density at radius 3 is 2.68 bits per heavy atom. The lowest BCUT2D eigenvalue weighted by atomic mass is 9.65. The molecule has 1 N–H and O–H groups in total. The van der Waals surface area contributed by atoms with Gasteiger partial charge < -0.3 is 4.74 Å². The monoisotopic (exact) mass is 423 g/mol. The van der Waals surface area contributed by atoms with Gasteiger partial charge in [0, 0.05) is 7.05 Å². The second-order valence-corrected chi connectivity index (χ2v) is 9.03. The summed E-state index contributed by atoms with van der Waals surface area (Å²) in [5.74, 6) is -1.13. The summed E-state index contributed by atoms with van der Waals surface area (Å²) in [6.07, 6.45) is 0.496. The van der Waals surface area contributed by atoms with Crippen molar-refractivity contribution in [3.63, 3.8) is 0 Å². The molecule has 2 aliphatic rings. The van der Waals surface area contributed by atoms with E-state index in [2.05, 4.69) is 5.32 Å². The number of aryl methyl sites for hydroxylation is 1. The number of rotatable bonds is 1. The average molecular weight is 423 g/mol. The Morgan fingerprint density at radius 1 is 1.23 bits per heavy atom. The van der Waals surface area contributed by atoms with Crippen molar-refractivity contribution in [1.82, 2.24) is 10.2 Å². The lowest BCUT2D eigenvalue weighted by Crippen LogP contribution is -2.57. The van der Waals surface area contributed by atoms with Gasteiger partial charge in [0.1, 0.15) is 17.0 Å². The Kier molecular flexibility index (Phi) is 5.07. The van der Waals surface area contributed by atoms with E-state index >= 15 is 0 Å². The maximum Gasteiger partial charge on any atom is 0.414 e. The zero-order valence-corrected chi connectivity index (χ0v) is 18.1. The first-order valence-electron chi connectivity index (χ1n) is 10.3. The molecule has 2 atom stereocenters. The second-order valence-electron chi connectivity index (χ2n) is 9.03. The molecule has 6 nitrogen and oxygen atoms in total. The van der Waals surface area contributed by atoms with E-state index in [9.17, 15) is 14.0 Å². The van der Waals surface area contributed by atoms with Gasteiger partial charge in [-0.05, 0) is 62.4 Å². The first kappa shape index (κ1) is 21.0. The number of halogens is 1.